The number of aryl methyl sites for hydroxylation is 1. The molecule has 2 aromatic rings. The molecule has 2 aromatic carbocycles. The minimum atomic E-state index is -3.61. The number of methoxy groups -OCH3 is 3. The highest BCUT2D eigenvalue weighted by Crippen LogP contribution is 2.34. The molecule has 0 unspecified atom stereocenters. The maximum absolute atomic E-state index is 12.9. The molecule has 0 aromatic heterocycles. The number of benzene rings is 2. The minimum absolute atomic E-state index is 0.128. The molecule has 3 rings (SSSR count). The summed E-state index contributed by atoms with van der Waals surface area (Å²) in [5.74, 6) is -0.678. The fourth-order valence-electron chi connectivity index (χ4n) is 3.71. The van der Waals surface area contributed by atoms with Crippen LogP contribution in [0, 0.1) is 12.8 Å². The van der Waals surface area contributed by atoms with E-state index in [1.807, 2.05) is 6.92 Å². The van der Waals surface area contributed by atoms with Crippen molar-refractivity contribution in [3.63, 3.8) is 0 Å². The number of anilines is 1. The molecule has 1 heterocycles. The number of nitrogens with one attached hydrogen (secondary N) is 1. The van der Waals surface area contributed by atoms with E-state index >= 15 is 0 Å². The lowest BCUT2D eigenvalue weighted by molar-refractivity contribution is -0.120. The summed E-state index contributed by atoms with van der Waals surface area (Å²) in [5.41, 5.74) is 1.34. The number of amides is 1. The number of ether oxygens (including phenoxy) is 3. The standard InChI is InChI=1S/C23H28N2O7S/c1-15-5-7-17(8-6-15)33(28,29)25-11-9-16(10-12-25)22(26)24-19-14-21(31-3)20(30-2)13-18(19)23(27)32-4/h5-8,13-14,16H,9-12H2,1-4H3,(H,24,26). The molecule has 0 saturated carbocycles. The predicted octanol–water partition coefficient (Wildman–Crippen LogP) is 2.84. The van der Waals surface area contributed by atoms with Crippen LogP contribution in [0.4, 0.5) is 5.69 Å². The van der Waals surface area contributed by atoms with Crippen LogP contribution in [0.5, 0.6) is 11.5 Å². The zero-order chi connectivity index (χ0) is 24.2. The van der Waals surface area contributed by atoms with Crippen LogP contribution in [0.1, 0.15) is 28.8 Å². The molecule has 9 nitrogen and oxygen atoms in total. The van der Waals surface area contributed by atoms with Gasteiger partial charge in [-0.3, -0.25) is 4.79 Å². The van der Waals surface area contributed by atoms with Gasteiger partial charge < -0.3 is 19.5 Å². The first-order valence-electron chi connectivity index (χ1n) is 10.4. The van der Waals surface area contributed by atoms with Gasteiger partial charge in [-0.25, -0.2) is 13.2 Å². The Hall–Kier alpha value is -3.11. The van der Waals surface area contributed by atoms with Crippen molar-refractivity contribution in [3.05, 3.63) is 47.5 Å². The van der Waals surface area contributed by atoms with Crippen molar-refractivity contribution >= 4 is 27.6 Å². The average molecular weight is 477 g/mol. The first-order chi connectivity index (χ1) is 15.7. The summed E-state index contributed by atoms with van der Waals surface area (Å²) >= 11 is 0. The van der Waals surface area contributed by atoms with Gasteiger partial charge in [-0.05, 0) is 31.9 Å². The molecule has 1 N–H and O–H groups in total. The van der Waals surface area contributed by atoms with Crippen LogP contribution in [0.25, 0.3) is 0 Å². The second kappa shape index (κ2) is 10.2. The summed E-state index contributed by atoms with van der Waals surface area (Å²) in [6.45, 7) is 2.35. The second-order valence-electron chi connectivity index (χ2n) is 7.73. The molecular weight excluding hydrogens is 448 g/mol. The van der Waals surface area contributed by atoms with Gasteiger partial charge in [0, 0.05) is 31.1 Å². The Kier molecular flexibility index (Phi) is 7.60. The average Bonchev–Trinajstić information content (AvgIpc) is 2.83. The third-order valence-electron chi connectivity index (χ3n) is 5.67. The van der Waals surface area contributed by atoms with Gasteiger partial charge in [0.2, 0.25) is 15.9 Å². The predicted molar refractivity (Wildman–Crippen MR) is 122 cm³/mol. The van der Waals surface area contributed by atoms with Crippen LogP contribution >= 0.6 is 0 Å². The Balaban J connectivity index is 1.73. The van der Waals surface area contributed by atoms with Crippen LogP contribution in [-0.4, -0.2) is 59.0 Å². The Bertz CT molecular complexity index is 1120. The fraction of sp³-hybridized carbons (Fsp3) is 0.391. The van der Waals surface area contributed by atoms with Gasteiger partial charge in [0.15, 0.2) is 11.5 Å². The van der Waals surface area contributed by atoms with Crippen molar-refractivity contribution in [2.24, 2.45) is 5.92 Å². The van der Waals surface area contributed by atoms with Gasteiger partial charge in [-0.2, -0.15) is 4.31 Å². The van der Waals surface area contributed by atoms with Gasteiger partial charge in [-0.15, -0.1) is 0 Å². The van der Waals surface area contributed by atoms with Crippen LogP contribution in [0.2, 0.25) is 0 Å². The molecule has 0 aliphatic carbocycles. The van der Waals surface area contributed by atoms with Gasteiger partial charge >= 0.3 is 5.97 Å². The summed E-state index contributed by atoms with van der Waals surface area (Å²) in [4.78, 5) is 25.4. The lowest BCUT2D eigenvalue weighted by Crippen LogP contribution is -2.41. The number of sulfonamides is 1. The number of carbonyl (C=O) groups is 2. The molecule has 1 amide bonds. The topological polar surface area (TPSA) is 111 Å². The maximum Gasteiger partial charge on any atom is 0.340 e. The van der Waals surface area contributed by atoms with Gasteiger partial charge in [0.1, 0.15) is 0 Å². The number of hydrogen-bond donors (Lipinski definition) is 1. The molecule has 1 aliphatic rings. The number of esters is 1. The van der Waals surface area contributed by atoms with E-state index in [-0.39, 0.29) is 35.1 Å². The van der Waals surface area contributed by atoms with E-state index in [1.54, 1.807) is 24.3 Å². The highest BCUT2D eigenvalue weighted by Gasteiger charge is 2.32. The summed E-state index contributed by atoms with van der Waals surface area (Å²) in [6, 6.07) is 9.64. The highest BCUT2D eigenvalue weighted by molar-refractivity contribution is 7.89. The molecular formula is C23H28N2O7S. The molecule has 33 heavy (non-hydrogen) atoms. The number of piperidine rings is 1. The van der Waals surface area contributed by atoms with E-state index in [9.17, 15) is 18.0 Å². The number of hydrogen-bond acceptors (Lipinski definition) is 7. The van der Waals surface area contributed by atoms with Crippen LogP contribution < -0.4 is 14.8 Å². The van der Waals surface area contributed by atoms with E-state index < -0.39 is 21.9 Å². The van der Waals surface area contributed by atoms with Crippen molar-refractivity contribution in [1.29, 1.82) is 0 Å². The van der Waals surface area contributed by atoms with Crippen LogP contribution in [-0.2, 0) is 19.6 Å². The first-order valence-corrected chi connectivity index (χ1v) is 11.9. The summed E-state index contributed by atoms with van der Waals surface area (Å²) < 4.78 is 42.5. The monoisotopic (exact) mass is 476 g/mol. The first kappa shape index (κ1) is 24.5. The molecule has 0 radical (unpaired) electrons. The normalized spacial score (nSPS) is 15.0. The van der Waals surface area contributed by atoms with E-state index in [2.05, 4.69) is 5.32 Å². The largest absolute Gasteiger partial charge is 0.493 e. The molecule has 1 aliphatic heterocycles. The maximum atomic E-state index is 12.9. The fourth-order valence-corrected chi connectivity index (χ4v) is 5.18. The molecule has 1 fully saturated rings. The summed E-state index contributed by atoms with van der Waals surface area (Å²) in [7, 11) is 0.520. The van der Waals surface area contributed by atoms with Gasteiger partial charge in [0.05, 0.1) is 37.5 Å². The Labute approximate surface area is 193 Å². The van der Waals surface area contributed by atoms with Crippen molar-refractivity contribution < 1.29 is 32.2 Å². The Morgan fingerprint density at radius 1 is 0.970 bits per heavy atom. The Morgan fingerprint density at radius 3 is 2.09 bits per heavy atom. The molecule has 1 saturated heterocycles. The smallest absolute Gasteiger partial charge is 0.340 e. The second-order valence-corrected chi connectivity index (χ2v) is 9.66. The Morgan fingerprint density at radius 2 is 1.55 bits per heavy atom. The number of rotatable bonds is 7. The number of nitrogens with zero attached hydrogens (tertiary/aromatic N) is 1. The van der Waals surface area contributed by atoms with E-state index in [0.717, 1.165) is 5.56 Å². The SMILES string of the molecule is COC(=O)c1cc(OC)c(OC)cc1NC(=O)C1CCN(S(=O)(=O)c2ccc(C)cc2)CC1. The molecule has 0 atom stereocenters. The third kappa shape index (κ3) is 5.28. The summed E-state index contributed by atoms with van der Waals surface area (Å²) in [6.07, 6.45) is 0.718. The van der Waals surface area contributed by atoms with Crippen LogP contribution in [0.15, 0.2) is 41.3 Å². The van der Waals surface area contributed by atoms with Crippen LogP contribution in [0.3, 0.4) is 0 Å². The van der Waals surface area contributed by atoms with Gasteiger partial charge in [0.25, 0.3) is 0 Å². The minimum Gasteiger partial charge on any atom is -0.493 e. The molecule has 0 spiro atoms. The quantitative estimate of drug-likeness (QED) is 0.612. The number of carbonyl (C=O) groups excluding carboxylic acids is 2. The van der Waals surface area contributed by atoms with Gasteiger partial charge in [-0.1, -0.05) is 17.7 Å². The summed E-state index contributed by atoms with van der Waals surface area (Å²) in [5, 5.41) is 2.77. The highest BCUT2D eigenvalue weighted by atomic mass is 32.2. The molecule has 10 heteroatoms. The van der Waals surface area contributed by atoms with E-state index in [4.69, 9.17) is 14.2 Å². The molecule has 0 bridgehead atoms. The van der Waals surface area contributed by atoms with Crippen molar-refractivity contribution in [2.45, 2.75) is 24.7 Å². The lowest BCUT2D eigenvalue weighted by Gasteiger charge is -2.30. The van der Waals surface area contributed by atoms with Crippen molar-refractivity contribution in [2.75, 3.05) is 39.7 Å². The zero-order valence-corrected chi connectivity index (χ0v) is 19.9. The zero-order valence-electron chi connectivity index (χ0n) is 19.1. The van der Waals surface area contributed by atoms with E-state index in [1.165, 1.54) is 37.8 Å². The van der Waals surface area contributed by atoms with E-state index in [0.29, 0.717) is 24.3 Å². The van der Waals surface area contributed by atoms with Crippen molar-refractivity contribution in [3.8, 4) is 11.5 Å². The third-order valence-corrected chi connectivity index (χ3v) is 7.58. The van der Waals surface area contributed by atoms with Crippen molar-refractivity contribution in [1.82, 2.24) is 4.31 Å². The molecule has 178 valence electrons. The lowest BCUT2D eigenvalue weighted by atomic mass is 9.97.